The van der Waals surface area contributed by atoms with Gasteiger partial charge in [-0.3, -0.25) is 0 Å². The molecule has 0 fully saturated rings. The summed E-state index contributed by atoms with van der Waals surface area (Å²) in [4.78, 5) is 4.67. The molecule has 0 amide bonds. The quantitative estimate of drug-likeness (QED) is 0.810. The molecule has 3 nitrogen and oxygen atoms in total. The first-order valence-electron chi connectivity index (χ1n) is 5.78. The van der Waals surface area contributed by atoms with Crippen LogP contribution in [-0.4, -0.2) is 14.5 Å². The third kappa shape index (κ3) is 2.08. The number of aromatic nitrogens is 2. The van der Waals surface area contributed by atoms with Gasteiger partial charge < -0.3 is 9.88 Å². The summed E-state index contributed by atoms with van der Waals surface area (Å²) in [5.41, 5.74) is 0.866. The van der Waals surface area contributed by atoms with E-state index < -0.39 is 5.54 Å². The first kappa shape index (κ1) is 12.7. The van der Waals surface area contributed by atoms with Crippen molar-refractivity contribution >= 4 is 33.1 Å². The van der Waals surface area contributed by atoms with Crippen LogP contribution in [0.3, 0.4) is 0 Å². The molecule has 0 saturated carbocycles. The van der Waals surface area contributed by atoms with Gasteiger partial charge in [0.1, 0.15) is 10.8 Å². The summed E-state index contributed by atoms with van der Waals surface area (Å²) in [7, 11) is 0. The standard InChI is InChI=1S/C13H11BrFN3S/c1-13(9-4-8(14)2-3-10(9)15)6-18-7-16-5-11(18)12(19)17-13/h2-5,7H,6H2,1H3,(H,17,19)/t13-/m0/s1. The molecule has 0 radical (unpaired) electrons. The summed E-state index contributed by atoms with van der Waals surface area (Å²) in [6, 6.07) is 4.93. The number of halogens is 2. The molecule has 0 spiro atoms. The minimum atomic E-state index is -0.585. The summed E-state index contributed by atoms with van der Waals surface area (Å²) in [6.45, 7) is 2.52. The molecule has 1 aromatic heterocycles. The van der Waals surface area contributed by atoms with E-state index in [0.29, 0.717) is 17.1 Å². The fourth-order valence-corrected chi connectivity index (χ4v) is 3.16. The van der Waals surface area contributed by atoms with Crippen LogP contribution in [0.15, 0.2) is 35.2 Å². The average molecular weight is 340 g/mol. The predicted octanol–water partition coefficient (Wildman–Crippen LogP) is 2.98. The normalized spacial score (nSPS) is 21.9. The van der Waals surface area contributed by atoms with Crippen molar-refractivity contribution in [1.29, 1.82) is 0 Å². The molecule has 6 heteroatoms. The van der Waals surface area contributed by atoms with Crippen LogP contribution < -0.4 is 5.32 Å². The third-order valence-electron chi connectivity index (χ3n) is 3.34. The minimum Gasteiger partial charge on any atom is -0.363 e. The van der Waals surface area contributed by atoms with Gasteiger partial charge in [-0.25, -0.2) is 9.37 Å². The van der Waals surface area contributed by atoms with E-state index in [1.54, 1.807) is 24.7 Å². The van der Waals surface area contributed by atoms with E-state index in [-0.39, 0.29) is 5.82 Å². The van der Waals surface area contributed by atoms with Crippen LogP contribution in [0.1, 0.15) is 18.2 Å². The molecular formula is C13H11BrFN3S. The molecule has 1 atom stereocenters. The van der Waals surface area contributed by atoms with Crippen molar-refractivity contribution in [3.63, 3.8) is 0 Å². The molecule has 2 aromatic rings. The molecular weight excluding hydrogens is 329 g/mol. The molecule has 0 bridgehead atoms. The van der Waals surface area contributed by atoms with Crippen molar-refractivity contribution in [2.24, 2.45) is 0 Å². The number of nitrogens with one attached hydrogen (secondary N) is 1. The number of hydrogen-bond acceptors (Lipinski definition) is 2. The fraction of sp³-hybridized carbons (Fsp3) is 0.231. The Labute approximate surface area is 124 Å². The number of hydrogen-bond donors (Lipinski definition) is 1. The number of rotatable bonds is 1. The second-order valence-electron chi connectivity index (χ2n) is 4.82. The molecule has 1 N–H and O–H groups in total. The van der Waals surface area contributed by atoms with Crippen molar-refractivity contribution in [2.75, 3.05) is 0 Å². The lowest BCUT2D eigenvalue weighted by Gasteiger charge is -2.37. The van der Waals surface area contributed by atoms with Crippen molar-refractivity contribution in [3.8, 4) is 0 Å². The van der Waals surface area contributed by atoms with Crippen molar-refractivity contribution in [3.05, 3.63) is 52.3 Å². The lowest BCUT2D eigenvalue weighted by molar-refractivity contribution is 0.339. The van der Waals surface area contributed by atoms with Crippen LogP contribution in [0.4, 0.5) is 4.39 Å². The molecule has 98 valence electrons. The van der Waals surface area contributed by atoms with Gasteiger partial charge in [0.15, 0.2) is 0 Å². The Kier molecular flexibility index (Phi) is 2.94. The highest BCUT2D eigenvalue weighted by molar-refractivity contribution is 9.10. The van der Waals surface area contributed by atoms with Crippen LogP contribution in [0.25, 0.3) is 0 Å². The Morgan fingerprint density at radius 1 is 1.53 bits per heavy atom. The molecule has 19 heavy (non-hydrogen) atoms. The van der Waals surface area contributed by atoms with Crippen LogP contribution in [0, 0.1) is 5.82 Å². The summed E-state index contributed by atoms with van der Waals surface area (Å²) in [5, 5.41) is 3.23. The Hall–Kier alpha value is -1.27. The fourth-order valence-electron chi connectivity index (χ4n) is 2.40. The lowest BCUT2D eigenvalue weighted by atomic mass is 9.89. The molecule has 1 aromatic carbocycles. The first-order valence-corrected chi connectivity index (χ1v) is 6.98. The van der Waals surface area contributed by atoms with Gasteiger partial charge in [-0.1, -0.05) is 28.1 Å². The van der Waals surface area contributed by atoms with Gasteiger partial charge in [0.05, 0.1) is 30.3 Å². The SMILES string of the molecule is C[C@@]1(c2cc(Br)ccc2F)Cn2cncc2C(=S)N1. The van der Waals surface area contributed by atoms with Gasteiger partial charge in [0.2, 0.25) is 0 Å². The van der Waals surface area contributed by atoms with Crippen LogP contribution >= 0.6 is 28.1 Å². The third-order valence-corrected chi connectivity index (χ3v) is 4.15. The predicted molar refractivity (Wildman–Crippen MR) is 78.5 cm³/mol. The number of fused-ring (bicyclic) bond motifs is 1. The maximum absolute atomic E-state index is 14.1. The van der Waals surface area contributed by atoms with Crippen molar-refractivity contribution < 1.29 is 4.39 Å². The molecule has 0 saturated heterocycles. The number of nitrogens with zero attached hydrogens (tertiary/aromatic N) is 2. The van der Waals surface area contributed by atoms with E-state index in [1.807, 2.05) is 11.5 Å². The van der Waals surface area contributed by atoms with E-state index >= 15 is 0 Å². The molecule has 2 heterocycles. The number of benzene rings is 1. The summed E-state index contributed by atoms with van der Waals surface area (Å²) >= 11 is 8.71. The highest BCUT2D eigenvalue weighted by Gasteiger charge is 2.35. The van der Waals surface area contributed by atoms with Gasteiger partial charge in [0.25, 0.3) is 0 Å². The van der Waals surface area contributed by atoms with Crippen LogP contribution in [0.2, 0.25) is 0 Å². The van der Waals surface area contributed by atoms with E-state index in [1.165, 1.54) is 6.07 Å². The Balaban J connectivity index is 2.10. The van der Waals surface area contributed by atoms with E-state index in [2.05, 4.69) is 26.2 Å². The number of imidazole rings is 1. The zero-order valence-corrected chi connectivity index (χ0v) is 12.6. The summed E-state index contributed by atoms with van der Waals surface area (Å²) in [6.07, 6.45) is 3.43. The van der Waals surface area contributed by atoms with E-state index in [0.717, 1.165) is 10.2 Å². The zero-order valence-electron chi connectivity index (χ0n) is 10.2. The van der Waals surface area contributed by atoms with Gasteiger partial charge in [-0.15, -0.1) is 0 Å². The topological polar surface area (TPSA) is 29.9 Å². The van der Waals surface area contributed by atoms with Crippen LogP contribution in [-0.2, 0) is 12.1 Å². The summed E-state index contributed by atoms with van der Waals surface area (Å²) in [5.74, 6) is -0.246. The smallest absolute Gasteiger partial charge is 0.128 e. The average Bonchev–Trinajstić information content (AvgIpc) is 2.80. The highest BCUT2D eigenvalue weighted by atomic mass is 79.9. The number of thiocarbonyl (C=S) groups is 1. The molecule has 0 aliphatic carbocycles. The second-order valence-corrected chi connectivity index (χ2v) is 6.14. The largest absolute Gasteiger partial charge is 0.363 e. The van der Waals surface area contributed by atoms with Crippen LogP contribution in [0.5, 0.6) is 0 Å². The highest BCUT2D eigenvalue weighted by Crippen LogP contribution is 2.31. The lowest BCUT2D eigenvalue weighted by Crippen LogP contribution is -2.51. The molecule has 0 unspecified atom stereocenters. The first-order chi connectivity index (χ1) is 8.99. The molecule has 1 aliphatic rings. The van der Waals surface area contributed by atoms with E-state index in [9.17, 15) is 4.39 Å². The Morgan fingerprint density at radius 3 is 3.11 bits per heavy atom. The second kappa shape index (κ2) is 4.38. The zero-order chi connectivity index (χ0) is 13.6. The van der Waals surface area contributed by atoms with Gasteiger partial charge in [0, 0.05) is 10.0 Å². The van der Waals surface area contributed by atoms with Gasteiger partial charge in [-0.05, 0) is 25.1 Å². The minimum absolute atomic E-state index is 0.246. The van der Waals surface area contributed by atoms with E-state index in [4.69, 9.17) is 12.2 Å². The van der Waals surface area contributed by atoms with Crippen molar-refractivity contribution in [2.45, 2.75) is 19.0 Å². The summed E-state index contributed by atoms with van der Waals surface area (Å²) < 4.78 is 16.9. The molecule has 3 rings (SSSR count). The Bertz CT molecular complexity index is 670. The maximum Gasteiger partial charge on any atom is 0.128 e. The molecule has 1 aliphatic heterocycles. The van der Waals surface area contributed by atoms with Crippen molar-refractivity contribution in [1.82, 2.24) is 14.9 Å². The maximum atomic E-state index is 14.1. The monoisotopic (exact) mass is 339 g/mol. The van der Waals surface area contributed by atoms with Gasteiger partial charge in [-0.2, -0.15) is 0 Å². The van der Waals surface area contributed by atoms with Gasteiger partial charge >= 0.3 is 0 Å². The Morgan fingerprint density at radius 2 is 2.32 bits per heavy atom.